The largest absolute Gasteiger partial charge is 0.489 e. The highest BCUT2D eigenvalue weighted by molar-refractivity contribution is 6.16. The van der Waals surface area contributed by atoms with Gasteiger partial charge in [-0.15, -0.1) is 0 Å². The van der Waals surface area contributed by atoms with Crippen molar-refractivity contribution in [2.75, 3.05) is 11.1 Å². The van der Waals surface area contributed by atoms with Gasteiger partial charge >= 0.3 is 0 Å². The van der Waals surface area contributed by atoms with Crippen molar-refractivity contribution in [1.29, 1.82) is 5.41 Å². The lowest BCUT2D eigenvalue weighted by molar-refractivity contribution is 0.305. The van der Waals surface area contributed by atoms with E-state index >= 15 is 0 Å². The van der Waals surface area contributed by atoms with Gasteiger partial charge in [-0.1, -0.05) is 43.2 Å². The molecule has 7 nitrogen and oxygen atoms in total. The first-order valence-electron chi connectivity index (χ1n) is 12.2. The molecule has 0 bridgehead atoms. The van der Waals surface area contributed by atoms with Crippen LogP contribution in [-0.4, -0.2) is 21.7 Å². The molecule has 4 N–H and O–H groups in total. The molecule has 1 aromatic heterocycles. The summed E-state index contributed by atoms with van der Waals surface area (Å²) in [4.78, 5) is 8.52. The molecule has 4 aromatic rings. The average Bonchev–Trinajstić information content (AvgIpc) is 3.42. The Balaban J connectivity index is 1.26. The van der Waals surface area contributed by atoms with Crippen molar-refractivity contribution in [3.63, 3.8) is 0 Å². The van der Waals surface area contributed by atoms with E-state index in [0.717, 1.165) is 29.9 Å². The quantitative estimate of drug-likeness (QED) is 0.247. The van der Waals surface area contributed by atoms with Crippen LogP contribution in [0.15, 0.2) is 85.2 Å². The number of nitrogens with two attached hydrogens (primary N) is 1. The number of aromatic nitrogens is 2. The molecule has 5 rings (SSSR count). The zero-order chi connectivity index (χ0) is 24.7. The first-order chi connectivity index (χ1) is 17.7. The number of para-hydroxylation sites is 1. The summed E-state index contributed by atoms with van der Waals surface area (Å²) >= 11 is 0. The van der Waals surface area contributed by atoms with Crippen molar-refractivity contribution < 1.29 is 9.47 Å². The van der Waals surface area contributed by atoms with Crippen molar-refractivity contribution in [2.45, 2.75) is 38.3 Å². The van der Waals surface area contributed by atoms with Crippen LogP contribution in [0.3, 0.4) is 0 Å². The van der Waals surface area contributed by atoms with Crippen LogP contribution in [0.5, 0.6) is 17.2 Å². The predicted octanol–water partition coefficient (Wildman–Crippen LogP) is 6.20. The van der Waals surface area contributed by atoms with Crippen LogP contribution in [0.2, 0.25) is 0 Å². The Kier molecular flexibility index (Phi) is 7.07. The molecule has 0 radical (unpaired) electrons. The molecule has 0 atom stereocenters. The fraction of sp³-hybridized carbons (Fsp3) is 0.207. The third kappa shape index (κ3) is 5.63. The number of rotatable bonds is 9. The van der Waals surface area contributed by atoms with Gasteiger partial charge in [-0.05, 0) is 66.9 Å². The third-order valence-electron chi connectivity index (χ3n) is 6.25. The maximum absolute atomic E-state index is 8.81. The Morgan fingerprint density at radius 2 is 1.64 bits per heavy atom. The molecule has 0 unspecified atom stereocenters. The van der Waals surface area contributed by atoms with Crippen molar-refractivity contribution in [3.05, 3.63) is 102 Å². The Morgan fingerprint density at radius 1 is 0.889 bits per heavy atom. The lowest BCUT2D eigenvalue weighted by Crippen LogP contribution is -2.20. The van der Waals surface area contributed by atoms with Gasteiger partial charge in [-0.2, -0.15) is 0 Å². The van der Waals surface area contributed by atoms with Crippen LogP contribution >= 0.6 is 0 Å². The number of hydrogen-bond acceptors (Lipinski definition) is 7. The monoisotopic (exact) mass is 479 g/mol. The van der Waals surface area contributed by atoms with Gasteiger partial charge in [0.05, 0.1) is 11.3 Å². The van der Waals surface area contributed by atoms with Gasteiger partial charge in [0.2, 0.25) is 0 Å². The third-order valence-corrected chi connectivity index (χ3v) is 6.25. The molecule has 1 aliphatic carbocycles. The molecule has 1 aliphatic rings. The number of nitrogens with zero attached hydrogens (tertiary/aromatic N) is 2. The second-order valence-corrected chi connectivity index (χ2v) is 8.86. The number of hydrogen-bond donors (Lipinski definition) is 3. The summed E-state index contributed by atoms with van der Waals surface area (Å²) in [7, 11) is 0. The first kappa shape index (κ1) is 23.4. The second kappa shape index (κ2) is 10.9. The summed E-state index contributed by atoms with van der Waals surface area (Å²) in [6.45, 7) is 0.453. The smallest absolute Gasteiger partial charge is 0.141 e. The highest BCUT2D eigenvalue weighted by Gasteiger charge is 2.21. The molecule has 1 saturated carbocycles. The van der Waals surface area contributed by atoms with Crippen LogP contribution < -0.4 is 20.5 Å². The molecule has 1 heterocycles. The van der Waals surface area contributed by atoms with Crippen LogP contribution in [0.1, 0.15) is 42.4 Å². The number of nitrogen functional groups attached to an aromatic ring is 1. The molecular formula is C29H29N5O2. The van der Waals surface area contributed by atoms with Crippen molar-refractivity contribution in [2.24, 2.45) is 0 Å². The standard InChI is InChI=1S/C29H29N5O2/c30-27(26-28(31)32-19-33-29(26)34-22-8-4-5-9-22)21-13-15-24(16-14-21)36-25-12-6-7-20(17-25)18-35-23-10-2-1-3-11-23/h1-3,6-7,10-17,19,22,30H,4-5,8-9,18H2,(H3,31,32,33,34). The van der Waals surface area contributed by atoms with E-state index in [2.05, 4.69) is 15.3 Å². The molecular weight excluding hydrogens is 450 g/mol. The van der Waals surface area contributed by atoms with E-state index in [9.17, 15) is 0 Å². The number of benzene rings is 3. The van der Waals surface area contributed by atoms with Crippen molar-refractivity contribution in [3.8, 4) is 17.2 Å². The van der Waals surface area contributed by atoms with Crippen LogP contribution in [-0.2, 0) is 6.61 Å². The number of anilines is 2. The zero-order valence-corrected chi connectivity index (χ0v) is 20.0. The number of ether oxygens (including phenoxy) is 2. The van der Waals surface area contributed by atoms with E-state index in [-0.39, 0.29) is 5.71 Å². The van der Waals surface area contributed by atoms with E-state index in [0.29, 0.717) is 41.2 Å². The maximum atomic E-state index is 8.81. The van der Waals surface area contributed by atoms with Crippen molar-refractivity contribution in [1.82, 2.24) is 9.97 Å². The van der Waals surface area contributed by atoms with Crippen molar-refractivity contribution >= 4 is 17.3 Å². The highest BCUT2D eigenvalue weighted by Crippen LogP contribution is 2.28. The average molecular weight is 480 g/mol. The minimum atomic E-state index is 0.278. The van der Waals surface area contributed by atoms with Gasteiger partial charge in [-0.25, -0.2) is 9.97 Å². The van der Waals surface area contributed by atoms with E-state index in [1.807, 2.05) is 78.9 Å². The van der Waals surface area contributed by atoms with E-state index < -0.39 is 0 Å². The summed E-state index contributed by atoms with van der Waals surface area (Å²) in [6.07, 6.45) is 6.05. The summed E-state index contributed by atoms with van der Waals surface area (Å²) < 4.78 is 11.9. The Hall–Kier alpha value is -4.39. The summed E-state index contributed by atoms with van der Waals surface area (Å²) in [6, 6.07) is 25.3. The lowest BCUT2D eigenvalue weighted by atomic mass is 10.0. The fourth-order valence-electron chi connectivity index (χ4n) is 4.37. The molecule has 7 heteroatoms. The van der Waals surface area contributed by atoms with E-state index in [1.54, 1.807) is 0 Å². The van der Waals surface area contributed by atoms with Crippen LogP contribution in [0.4, 0.5) is 11.6 Å². The van der Waals surface area contributed by atoms with Gasteiger partial charge in [-0.3, -0.25) is 5.41 Å². The van der Waals surface area contributed by atoms with Gasteiger partial charge < -0.3 is 20.5 Å². The second-order valence-electron chi connectivity index (χ2n) is 8.86. The molecule has 0 saturated heterocycles. The van der Waals surface area contributed by atoms with Crippen LogP contribution in [0, 0.1) is 5.41 Å². The topological polar surface area (TPSA) is 106 Å². The number of nitrogens with one attached hydrogen (secondary N) is 2. The normalized spacial score (nSPS) is 13.3. The Morgan fingerprint density at radius 3 is 2.42 bits per heavy atom. The highest BCUT2D eigenvalue weighted by atomic mass is 16.5. The summed E-state index contributed by atoms with van der Waals surface area (Å²) in [5.41, 5.74) is 8.71. The zero-order valence-electron chi connectivity index (χ0n) is 20.0. The molecule has 182 valence electrons. The molecule has 0 aliphatic heterocycles. The molecule has 36 heavy (non-hydrogen) atoms. The Labute approximate surface area is 210 Å². The maximum Gasteiger partial charge on any atom is 0.141 e. The van der Waals surface area contributed by atoms with Crippen LogP contribution in [0.25, 0.3) is 0 Å². The van der Waals surface area contributed by atoms with Gasteiger partial charge in [0, 0.05) is 11.6 Å². The molecule has 1 fully saturated rings. The van der Waals surface area contributed by atoms with Gasteiger partial charge in [0.15, 0.2) is 0 Å². The minimum absolute atomic E-state index is 0.278. The van der Waals surface area contributed by atoms with E-state index in [4.69, 9.17) is 20.6 Å². The predicted molar refractivity (Wildman–Crippen MR) is 142 cm³/mol. The molecule has 0 spiro atoms. The molecule has 0 amide bonds. The Bertz CT molecular complexity index is 1320. The fourth-order valence-corrected chi connectivity index (χ4v) is 4.37. The van der Waals surface area contributed by atoms with E-state index in [1.165, 1.54) is 19.2 Å². The summed E-state index contributed by atoms with van der Waals surface area (Å²) in [5.74, 6) is 3.14. The summed E-state index contributed by atoms with van der Waals surface area (Å²) in [5, 5.41) is 12.3. The minimum Gasteiger partial charge on any atom is -0.489 e. The lowest BCUT2D eigenvalue weighted by Gasteiger charge is -2.17. The molecule has 3 aromatic carbocycles. The SMILES string of the molecule is N=C(c1ccc(Oc2cccc(COc3ccccc3)c2)cc1)c1c(N)ncnc1NC1CCCC1. The van der Waals surface area contributed by atoms with Gasteiger partial charge in [0.1, 0.15) is 41.8 Å². The van der Waals surface area contributed by atoms with Gasteiger partial charge in [0.25, 0.3) is 0 Å². The first-order valence-corrected chi connectivity index (χ1v) is 12.2.